The third-order valence-corrected chi connectivity index (χ3v) is 9.47. The maximum Gasteiger partial charge on any atom is 0.229 e. The van der Waals surface area contributed by atoms with Crippen LogP contribution in [0.3, 0.4) is 0 Å². The Kier molecular flexibility index (Phi) is 11.9. The number of rotatable bonds is 10. The highest BCUT2D eigenvalue weighted by Crippen LogP contribution is 2.36. The van der Waals surface area contributed by atoms with Crippen molar-refractivity contribution >= 4 is 11.0 Å². The van der Waals surface area contributed by atoms with Crippen LogP contribution in [0.25, 0.3) is 22.1 Å². The van der Waals surface area contributed by atoms with Gasteiger partial charge in [-0.1, -0.05) is 12.1 Å². The SMILES string of the molecule is COc1cc2c(=O)c(-c3ccc(OC4OC(CO)C(O)C(O)C4O)cc3)coc2cc1OC1OC(COC2OC(C)C(O)C(O)C2O)C(O)C(O)C1O. The molecule has 19 nitrogen and oxygen atoms in total. The Labute approximate surface area is 300 Å². The Bertz CT molecular complexity index is 1750. The number of ether oxygens (including phenoxy) is 7. The molecule has 15 unspecified atom stereocenters. The smallest absolute Gasteiger partial charge is 0.229 e. The molecule has 0 aliphatic carbocycles. The lowest BCUT2D eigenvalue weighted by Gasteiger charge is -2.42. The monoisotopic (exact) mass is 754 g/mol. The van der Waals surface area contributed by atoms with Crippen LogP contribution in [0.15, 0.2) is 51.9 Å². The molecule has 3 aromatic rings. The van der Waals surface area contributed by atoms with Crippen molar-refractivity contribution in [2.75, 3.05) is 20.3 Å². The fourth-order valence-corrected chi connectivity index (χ4v) is 6.22. The zero-order chi connectivity index (χ0) is 38.3. The van der Waals surface area contributed by atoms with E-state index in [4.69, 9.17) is 37.6 Å². The van der Waals surface area contributed by atoms with E-state index in [0.29, 0.717) is 5.56 Å². The largest absolute Gasteiger partial charge is 0.493 e. The molecule has 2 aromatic carbocycles. The van der Waals surface area contributed by atoms with Gasteiger partial charge in [0.05, 0.1) is 37.4 Å². The molecule has 4 heterocycles. The van der Waals surface area contributed by atoms with E-state index < -0.39 is 111 Å². The first-order valence-corrected chi connectivity index (χ1v) is 16.6. The van der Waals surface area contributed by atoms with E-state index in [-0.39, 0.29) is 33.8 Å². The number of fused-ring (bicyclic) bond motifs is 1. The number of aliphatic hydroxyl groups excluding tert-OH is 10. The first-order valence-electron chi connectivity index (χ1n) is 16.6. The van der Waals surface area contributed by atoms with E-state index in [1.165, 1.54) is 56.7 Å². The second kappa shape index (κ2) is 16.1. The summed E-state index contributed by atoms with van der Waals surface area (Å²) >= 11 is 0. The van der Waals surface area contributed by atoms with Crippen molar-refractivity contribution in [3.8, 4) is 28.4 Å². The zero-order valence-electron chi connectivity index (χ0n) is 28.3. The van der Waals surface area contributed by atoms with Gasteiger partial charge in [-0.25, -0.2) is 0 Å². The van der Waals surface area contributed by atoms with Crippen LogP contribution in [0.5, 0.6) is 17.2 Å². The van der Waals surface area contributed by atoms with Crippen molar-refractivity contribution in [2.45, 2.75) is 99.0 Å². The van der Waals surface area contributed by atoms with Gasteiger partial charge in [0, 0.05) is 6.07 Å². The molecule has 15 atom stereocenters. The maximum atomic E-state index is 13.6. The summed E-state index contributed by atoms with van der Waals surface area (Å²) in [6.07, 6.45) is -21.2. The number of hydrogen-bond donors (Lipinski definition) is 10. The average molecular weight is 755 g/mol. The molecule has 3 aliphatic heterocycles. The summed E-state index contributed by atoms with van der Waals surface area (Å²) in [5.74, 6) is 0.114. The van der Waals surface area contributed by atoms with E-state index in [0.717, 1.165) is 0 Å². The quantitative estimate of drug-likeness (QED) is 0.0968. The molecule has 0 saturated carbocycles. The number of hydrogen-bond acceptors (Lipinski definition) is 19. The minimum atomic E-state index is -1.79. The molecule has 292 valence electrons. The van der Waals surface area contributed by atoms with Crippen molar-refractivity contribution in [3.63, 3.8) is 0 Å². The van der Waals surface area contributed by atoms with Gasteiger partial charge in [-0.3, -0.25) is 4.79 Å². The van der Waals surface area contributed by atoms with Crippen molar-refractivity contribution in [2.24, 2.45) is 0 Å². The first kappa shape index (κ1) is 39.2. The molecule has 3 fully saturated rings. The van der Waals surface area contributed by atoms with E-state index >= 15 is 0 Å². The highest BCUT2D eigenvalue weighted by molar-refractivity contribution is 5.84. The predicted octanol–water partition coefficient (Wildman–Crippen LogP) is -3.32. The molecular formula is C34H42O19. The van der Waals surface area contributed by atoms with E-state index in [9.17, 15) is 55.9 Å². The van der Waals surface area contributed by atoms with E-state index in [1.54, 1.807) is 0 Å². The van der Waals surface area contributed by atoms with E-state index in [2.05, 4.69) is 0 Å². The maximum absolute atomic E-state index is 13.6. The summed E-state index contributed by atoms with van der Waals surface area (Å²) in [7, 11) is 1.29. The molecule has 6 rings (SSSR count). The lowest BCUT2D eigenvalue weighted by molar-refractivity contribution is -0.318. The van der Waals surface area contributed by atoms with Crippen molar-refractivity contribution in [1.82, 2.24) is 0 Å². The molecule has 0 bridgehead atoms. The molecule has 53 heavy (non-hydrogen) atoms. The van der Waals surface area contributed by atoms with Gasteiger partial charge >= 0.3 is 0 Å². The second-order valence-corrected chi connectivity index (χ2v) is 13.0. The molecule has 0 amide bonds. The summed E-state index contributed by atoms with van der Waals surface area (Å²) in [5.41, 5.74) is 0.123. The van der Waals surface area contributed by atoms with Gasteiger partial charge in [0.2, 0.25) is 18.0 Å². The minimum Gasteiger partial charge on any atom is -0.493 e. The van der Waals surface area contributed by atoms with Crippen molar-refractivity contribution in [1.29, 1.82) is 0 Å². The van der Waals surface area contributed by atoms with Crippen LogP contribution in [-0.4, -0.2) is 164 Å². The Morgan fingerprint density at radius 3 is 1.89 bits per heavy atom. The van der Waals surface area contributed by atoms with Crippen LogP contribution in [0, 0.1) is 0 Å². The van der Waals surface area contributed by atoms with Crippen LogP contribution in [0.4, 0.5) is 0 Å². The molecule has 10 N–H and O–H groups in total. The average Bonchev–Trinajstić information content (AvgIpc) is 3.16. The minimum absolute atomic E-state index is 0.00898. The summed E-state index contributed by atoms with van der Waals surface area (Å²) in [6, 6.07) is 8.63. The van der Waals surface area contributed by atoms with Gasteiger partial charge in [0.15, 0.2) is 17.8 Å². The van der Waals surface area contributed by atoms with Crippen LogP contribution < -0.4 is 19.6 Å². The fraction of sp³-hybridized carbons (Fsp3) is 0.559. The Morgan fingerprint density at radius 2 is 1.25 bits per heavy atom. The number of aliphatic hydroxyl groups is 10. The first-order chi connectivity index (χ1) is 25.2. The zero-order valence-corrected chi connectivity index (χ0v) is 28.3. The van der Waals surface area contributed by atoms with Crippen LogP contribution in [-0.2, 0) is 18.9 Å². The lowest BCUT2D eigenvalue weighted by Crippen LogP contribution is -2.61. The second-order valence-electron chi connectivity index (χ2n) is 13.0. The number of benzene rings is 2. The third-order valence-electron chi connectivity index (χ3n) is 9.47. The van der Waals surface area contributed by atoms with Crippen LogP contribution in [0.2, 0.25) is 0 Å². The Morgan fingerprint density at radius 1 is 0.660 bits per heavy atom. The van der Waals surface area contributed by atoms with Crippen molar-refractivity contribution in [3.05, 3.63) is 52.9 Å². The third kappa shape index (κ3) is 7.72. The molecule has 1 aromatic heterocycles. The summed E-state index contributed by atoms with van der Waals surface area (Å²) in [5, 5.41) is 102. The summed E-state index contributed by atoms with van der Waals surface area (Å²) < 4.78 is 44.6. The van der Waals surface area contributed by atoms with Gasteiger partial charge in [-0.05, 0) is 30.7 Å². The van der Waals surface area contributed by atoms with Gasteiger partial charge < -0.3 is 88.6 Å². The Hall–Kier alpha value is -3.51. The molecule has 19 heteroatoms. The van der Waals surface area contributed by atoms with Crippen molar-refractivity contribution < 1.29 is 88.6 Å². The van der Waals surface area contributed by atoms with Gasteiger partial charge in [0.25, 0.3) is 0 Å². The normalized spacial score (nSPS) is 37.7. The molecule has 0 radical (unpaired) electrons. The van der Waals surface area contributed by atoms with Gasteiger partial charge in [-0.2, -0.15) is 0 Å². The highest BCUT2D eigenvalue weighted by Gasteiger charge is 2.48. The van der Waals surface area contributed by atoms with Gasteiger partial charge in [-0.15, -0.1) is 0 Å². The highest BCUT2D eigenvalue weighted by atomic mass is 16.7. The summed E-state index contributed by atoms with van der Waals surface area (Å²) in [6.45, 7) is 0.329. The number of methoxy groups -OCH3 is 1. The van der Waals surface area contributed by atoms with Crippen LogP contribution >= 0.6 is 0 Å². The van der Waals surface area contributed by atoms with E-state index in [1.807, 2.05) is 0 Å². The lowest BCUT2D eigenvalue weighted by atomic mass is 9.98. The predicted molar refractivity (Wildman–Crippen MR) is 174 cm³/mol. The topological polar surface area (TPSA) is 297 Å². The molecule has 0 spiro atoms. The standard InChI is InChI=1S/C34H42O19/c1-12-22(36)26(40)29(43)32(49-12)48-11-21-25(39)28(42)31(45)34(53-21)51-19-8-17-15(7-18(19)46-2)23(37)16(10-47-17)13-3-5-14(6-4-13)50-33-30(44)27(41)24(38)20(9-35)52-33/h3-8,10,12,20-22,24-36,38-45H,9,11H2,1-2H3. The Balaban J connectivity index is 1.17. The molecule has 3 saturated heterocycles. The molecule has 3 aliphatic rings. The fourth-order valence-electron chi connectivity index (χ4n) is 6.22. The van der Waals surface area contributed by atoms with Crippen LogP contribution in [0.1, 0.15) is 6.92 Å². The van der Waals surface area contributed by atoms with Gasteiger partial charge in [0.1, 0.15) is 84.7 Å². The summed E-state index contributed by atoms with van der Waals surface area (Å²) in [4.78, 5) is 13.6. The molecular weight excluding hydrogens is 712 g/mol.